The average Bonchev–Trinajstić information content (AvgIpc) is 2.47. The molecule has 2 aliphatic rings. The first-order valence-electron chi connectivity index (χ1n) is 3.87. The molecule has 0 N–H and O–H groups in total. The van der Waals surface area contributed by atoms with E-state index in [9.17, 15) is 0 Å². The Balaban J connectivity index is 2.64. The van der Waals surface area contributed by atoms with Crippen LogP contribution in [0.2, 0.25) is 0 Å². The Hall–Kier alpha value is -1.24. The number of hydrogen-bond donors (Lipinski definition) is 0. The Bertz CT molecular complexity index is 322. The normalized spacial score (nSPS) is 10.6. The molecule has 0 saturated carbocycles. The van der Waals surface area contributed by atoms with Gasteiger partial charge in [-0.3, -0.25) is 0 Å². The summed E-state index contributed by atoms with van der Waals surface area (Å²) in [5.74, 6) is 1.04. The van der Waals surface area contributed by atoms with Gasteiger partial charge in [-0.15, -0.1) is 0 Å². The van der Waals surface area contributed by atoms with Crippen LogP contribution in [0.1, 0.15) is 12.5 Å². The zero-order chi connectivity index (χ0) is 7.68. The second kappa shape index (κ2) is 2.42. The van der Waals surface area contributed by atoms with E-state index >= 15 is 0 Å². The third-order valence-corrected chi connectivity index (χ3v) is 1.94. The fourth-order valence-electron chi connectivity index (χ4n) is 1.33. The van der Waals surface area contributed by atoms with E-state index in [0.717, 1.165) is 12.2 Å². The van der Waals surface area contributed by atoms with E-state index in [-0.39, 0.29) is 0 Å². The highest BCUT2D eigenvalue weighted by Gasteiger charge is 2.08. The van der Waals surface area contributed by atoms with Gasteiger partial charge in [0.1, 0.15) is 5.76 Å². The minimum absolute atomic E-state index is 1.04. The van der Waals surface area contributed by atoms with Crippen LogP contribution in [0.25, 0.3) is 11.3 Å². The van der Waals surface area contributed by atoms with Crippen molar-refractivity contribution in [3.05, 3.63) is 36.1 Å². The molecule has 1 aliphatic heterocycles. The van der Waals surface area contributed by atoms with Gasteiger partial charge >= 0.3 is 0 Å². The van der Waals surface area contributed by atoms with E-state index in [1.54, 1.807) is 6.26 Å². The summed E-state index contributed by atoms with van der Waals surface area (Å²) in [6.07, 6.45) is 2.76. The second-order valence-electron chi connectivity index (χ2n) is 2.61. The molecule has 0 fully saturated rings. The highest BCUT2D eigenvalue weighted by atomic mass is 16.3. The molecule has 1 aliphatic carbocycles. The fraction of sp³-hybridized carbons (Fsp3) is 0.200. The Morgan fingerprint density at radius 3 is 3.00 bits per heavy atom. The molecule has 0 atom stereocenters. The van der Waals surface area contributed by atoms with Crippen molar-refractivity contribution in [2.75, 3.05) is 0 Å². The Labute approximate surface area is 66.0 Å². The van der Waals surface area contributed by atoms with Crippen molar-refractivity contribution in [2.24, 2.45) is 0 Å². The molecule has 1 heteroatoms. The van der Waals surface area contributed by atoms with Gasteiger partial charge in [0.2, 0.25) is 0 Å². The molecule has 0 aromatic heterocycles. The van der Waals surface area contributed by atoms with E-state index < -0.39 is 0 Å². The van der Waals surface area contributed by atoms with Gasteiger partial charge in [-0.25, -0.2) is 0 Å². The molecular formula is C10H10O. The summed E-state index contributed by atoms with van der Waals surface area (Å²) in [6.45, 7) is 2.14. The molecule has 0 radical (unpaired) electrons. The topological polar surface area (TPSA) is 13.1 Å². The van der Waals surface area contributed by atoms with Crippen LogP contribution < -0.4 is 0 Å². The maximum atomic E-state index is 5.37. The largest absolute Gasteiger partial charge is 0.464 e. The molecule has 0 unspecified atom stereocenters. The summed E-state index contributed by atoms with van der Waals surface area (Å²) in [4.78, 5) is 0. The van der Waals surface area contributed by atoms with Crippen molar-refractivity contribution in [1.82, 2.24) is 0 Å². The summed E-state index contributed by atoms with van der Waals surface area (Å²) in [5, 5.41) is 0. The van der Waals surface area contributed by atoms with Gasteiger partial charge in [0.25, 0.3) is 0 Å². The molecule has 56 valence electrons. The van der Waals surface area contributed by atoms with E-state index in [2.05, 4.69) is 25.1 Å². The molecule has 0 aromatic rings. The zero-order valence-electron chi connectivity index (χ0n) is 6.50. The lowest BCUT2D eigenvalue weighted by Gasteiger charge is -1.98. The SMILES string of the molecule is CCc1ccc2cccoc1-2. The van der Waals surface area contributed by atoms with Crippen molar-refractivity contribution in [2.45, 2.75) is 13.3 Å². The first kappa shape index (κ1) is 6.47. The standard InChI is InChI=1S/C10H10O/c1-2-8-5-6-9-4-3-7-11-10(8)9/h3-7H,2H2,1H3. The van der Waals surface area contributed by atoms with Gasteiger partial charge in [-0.05, 0) is 24.1 Å². The molecule has 2 rings (SSSR count). The van der Waals surface area contributed by atoms with Crippen molar-refractivity contribution in [3.8, 4) is 11.3 Å². The molecule has 0 bridgehead atoms. The number of aryl methyl sites for hydroxylation is 1. The van der Waals surface area contributed by atoms with E-state index in [1.807, 2.05) is 6.07 Å². The van der Waals surface area contributed by atoms with Crippen LogP contribution in [0, 0.1) is 0 Å². The lowest BCUT2D eigenvalue weighted by atomic mass is 10.2. The number of fused-ring (bicyclic) bond motifs is 1. The molecule has 0 amide bonds. The molecule has 0 aromatic carbocycles. The Kier molecular flexibility index (Phi) is 1.42. The van der Waals surface area contributed by atoms with Crippen molar-refractivity contribution in [3.63, 3.8) is 0 Å². The summed E-state index contributed by atoms with van der Waals surface area (Å²) >= 11 is 0. The summed E-state index contributed by atoms with van der Waals surface area (Å²) in [6, 6.07) is 8.20. The van der Waals surface area contributed by atoms with Gasteiger partial charge in [0.05, 0.1) is 6.26 Å². The summed E-state index contributed by atoms with van der Waals surface area (Å²) in [7, 11) is 0. The van der Waals surface area contributed by atoms with E-state index in [4.69, 9.17) is 4.42 Å². The minimum atomic E-state index is 1.04. The third-order valence-electron chi connectivity index (χ3n) is 1.94. The lowest BCUT2D eigenvalue weighted by Crippen LogP contribution is -1.78. The van der Waals surface area contributed by atoms with Crippen LogP contribution in [0.5, 0.6) is 0 Å². The van der Waals surface area contributed by atoms with Crippen LogP contribution in [0.3, 0.4) is 0 Å². The smallest absolute Gasteiger partial charge is 0.136 e. The second-order valence-corrected chi connectivity index (χ2v) is 2.61. The van der Waals surface area contributed by atoms with Gasteiger partial charge in [0, 0.05) is 5.56 Å². The van der Waals surface area contributed by atoms with Crippen molar-refractivity contribution >= 4 is 0 Å². The Morgan fingerprint density at radius 1 is 1.27 bits per heavy atom. The van der Waals surface area contributed by atoms with Crippen LogP contribution in [0.15, 0.2) is 34.9 Å². The van der Waals surface area contributed by atoms with Crippen LogP contribution in [-0.4, -0.2) is 0 Å². The fourth-order valence-corrected chi connectivity index (χ4v) is 1.33. The minimum Gasteiger partial charge on any atom is -0.464 e. The van der Waals surface area contributed by atoms with Gasteiger partial charge in [-0.1, -0.05) is 19.1 Å². The molecule has 0 saturated heterocycles. The number of hydrogen-bond acceptors (Lipinski definition) is 1. The van der Waals surface area contributed by atoms with E-state index in [0.29, 0.717) is 0 Å². The highest BCUT2D eigenvalue weighted by molar-refractivity contribution is 5.64. The lowest BCUT2D eigenvalue weighted by molar-refractivity contribution is 0.562. The zero-order valence-corrected chi connectivity index (χ0v) is 6.50. The first-order valence-corrected chi connectivity index (χ1v) is 3.87. The van der Waals surface area contributed by atoms with Gasteiger partial charge in [-0.2, -0.15) is 0 Å². The summed E-state index contributed by atoms with van der Waals surface area (Å²) in [5.41, 5.74) is 2.49. The maximum Gasteiger partial charge on any atom is 0.136 e. The van der Waals surface area contributed by atoms with E-state index in [1.165, 1.54) is 11.1 Å². The molecule has 1 heterocycles. The average molecular weight is 146 g/mol. The van der Waals surface area contributed by atoms with Crippen LogP contribution >= 0.6 is 0 Å². The van der Waals surface area contributed by atoms with Crippen molar-refractivity contribution in [1.29, 1.82) is 0 Å². The quantitative estimate of drug-likeness (QED) is 0.602. The molecule has 1 nitrogen and oxygen atoms in total. The predicted octanol–water partition coefficient (Wildman–Crippen LogP) is 2.95. The first-order chi connectivity index (χ1) is 5.42. The third kappa shape index (κ3) is 0.929. The van der Waals surface area contributed by atoms with Crippen LogP contribution in [0.4, 0.5) is 0 Å². The van der Waals surface area contributed by atoms with Gasteiger partial charge < -0.3 is 4.42 Å². The summed E-state index contributed by atoms with van der Waals surface area (Å²) < 4.78 is 5.37. The molecular weight excluding hydrogens is 136 g/mol. The van der Waals surface area contributed by atoms with Crippen LogP contribution in [-0.2, 0) is 6.42 Å². The molecule has 11 heavy (non-hydrogen) atoms. The molecule has 0 spiro atoms. The number of rotatable bonds is 1. The van der Waals surface area contributed by atoms with Crippen molar-refractivity contribution < 1.29 is 4.42 Å². The Morgan fingerprint density at radius 2 is 2.18 bits per heavy atom. The van der Waals surface area contributed by atoms with Gasteiger partial charge in [0.15, 0.2) is 0 Å². The highest BCUT2D eigenvalue weighted by Crippen LogP contribution is 2.27. The maximum absolute atomic E-state index is 5.37. The predicted molar refractivity (Wildman–Crippen MR) is 44.7 cm³/mol. The monoisotopic (exact) mass is 146 g/mol.